The second-order valence-electron chi connectivity index (χ2n) is 5.77. The summed E-state index contributed by atoms with van der Waals surface area (Å²) in [5.74, 6) is -0.713. The molecule has 2 rings (SSSR count). The van der Waals surface area contributed by atoms with Crippen molar-refractivity contribution in [3.63, 3.8) is 0 Å². The Hall–Kier alpha value is -0.650. The number of piperidine rings is 1. The molecule has 2 fully saturated rings. The van der Waals surface area contributed by atoms with Gasteiger partial charge in [-0.25, -0.2) is 0 Å². The van der Waals surface area contributed by atoms with Crippen LogP contribution in [0.1, 0.15) is 57.8 Å². The molecule has 1 heterocycles. The molecule has 1 unspecified atom stereocenters. The molecule has 0 aromatic carbocycles. The number of nitrogens with one attached hydrogen (secondary N) is 2. The Labute approximate surface area is 122 Å². The Kier molecular flexibility index (Phi) is 9.62. The molecular formula is C15H31N3O2. The van der Waals surface area contributed by atoms with Crippen LogP contribution in [0.25, 0.3) is 0 Å². The molecule has 0 aromatic rings. The molecule has 20 heavy (non-hydrogen) atoms. The lowest BCUT2D eigenvalue weighted by molar-refractivity contribution is -0.140. The second-order valence-corrected chi connectivity index (χ2v) is 5.77. The van der Waals surface area contributed by atoms with E-state index >= 15 is 0 Å². The van der Waals surface area contributed by atoms with Gasteiger partial charge < -0.3 is 21.5 Å². The Bertz CT molecular complexity index is 250. The maximum Gasteiger partial charge on any atom is 0.320 e. The van der Waals surface area contributed by atoms with Crippen LogP contribution in [0, 0.1) is 0 Å². The summed E-state index contributed by atoms with van der Waals surface area (Å²) in [4.78, 5) is 10.3. The van der Waals surface area contributed by atoms with Crippen molar-refractivity contribution in [2.75, 3.05) is 19.6 Å². The van der Waals surface area contributed by atoms with Crippen LogP contribution in [0.4, 0.5) is 0 Å². The van der Waals surface area contributed by atoms with E-state index in [0.717, 1.165) is 51.4 Å². The van der Waals surface area contributed by atoms with Gasteiger partial charge in [0.2, 0.25) is 0 Å². The van der Waals surface area contributed by atoms with Crippen molar-refractivity contribution >= 4 is 5.97 Å². The van der Waals surface area contributed by atoms with E-state index in [9.17, 15) is 4.79 Å². The molecule has 118 valence electrons. The van der Waals surface area contributed by atoms with E-state index < -0.39 is 5.97 Å². The third kappa shape index (κ3) is 7.82. The van der Waals surface area contributed by atoms with Crippen LogP contribution in [-0.4, -0.2) is 42.8 Å². The zero-order valence-electron chi connectivity index (χ0n) is 12.6. The standard InChI is InChI=1S/C9H20N2.C6H11NO2/c10-7-4-8-11-9-5-2-1-3-6-9;8-6(9)5-3-1-2-4-7-5/h9,11H,1-8,10H2;5,7H,1-4H2,(H,8,9). The summed E-state index contributed by atoms with van der Waals surface area (Å²) in [7, 11) is 0. The molecule has 1 aliphatic heterocycles. The van der Waals surface area contributed by atoms with Crippen LogP contribution >= 0.6 is 0 Å². The first-order valence-corrected chi connectivity index (χ1v) is 8.13. The first-order chi connectivity index (χ1) is 9.74. The summed E-state index contributed by atoms with van der Waals surface area (Å²) in [6.07, 6.45) is 11.1. The molecule has 5 heteroatoms. The van der Waals surface area contributed by atoms with E-state index in [4.69, 9.17) is 10.8 Å². The minimum absolute atomic E-state index is 0.279. The third-order valence-corrected chi connectivity index (χ3v) is 4.03. The van der Waals surface area contributed by atoms with Crippen molar-refractivity contribution in [1.82, 2.24) is 10.6 Å². The van der Waals surface area contributed by atoms with Crippen LogP contribution in [0.5, 0.6) is 0 Å². The van der Waals surface area contributed by atoms with Crippen LogP contribution in [0.2, 0.25) is 0 Å². The summed E-state index contributed by atoms with van der Waals surface area (Å²) < 4.78 is 0. The van der Waals surface area contributed by atoms with Crippen molar-refractivity contribution in [2.45, 2.75) is 69.9 Å². The average Bonchev–Trinajstić information content (AvgIpc) is 2.50. The maximum atomic E-state index is 10.3. The first-order valence-electron chi connectivity index (χ1n) is 8.13. The first kappa shape index (κ1) is 17.4. The van der Waals surface area contributed by atoms with Gasteiger partial charge in [-0.05, 0) is 51.7 Å². The molecule has 1 saturated heterocycles. The van der Waals surface area contributed by atoms with Gasteiger partial charge >= 0.3 is 5.97 Å². The molecule has 0 aromatic heterocycles. The van der Waals surface area contributed by atoms with E-state index in [2.05, 4.69) is 10.6 Å². The normalized spacial score (nSPS) is 23.8. The topological polar surface area (TPSA) is 87.4 Å². The van der Waals surface area contributed by atoms with E-state index in [-0.39, 0.29) is 6.04 Å². The number of hydrogen-bond acceptors (Lipinski definition) is 4. The van der Waals surface area contributed by atoms with Gasteiger partial charge in [0.25, 0.3) is 0 Å². The quantitative estimate of drug-likeness (QED) is 0.575. The number of hydrogen-bond donors (Lipinski definition) is 4. The SMILES string of the molecule is NCCCNC1CCCCC1.O=C(O)C1CCCCN1. The van der Waals surface area contributed by atoms with E-state index in [1.165, 1.54) is 32.1 Å². The number of carbonyl (C=O) groups is 1. The van der Waals surface area contributed by atoms with Crippen LogP contribution in [0.15, 0.2) is 0 Å². The predicted octanol–water partition coefficient (Wildman–Crippen LogP) is 1.47. The summed E-state index contributed by atoms with van der Waals surface area (Å²) in [5.41, 5.74) is 5.40. The van der Waals surface area contributed by atoms with Gasteiger partial charge in [-0.1, -0.05) is 25.7 Å². The van der Waals surface area contributed by atoms with Crippen molar-refractivity contribution in [3.8, 4) is 0 Å². The molecule has 5 nitrogen and oxygen atoms in total. The number of carboxylic acids is 1. The van der Waals surface area contributed by atoms with Gasteiger partial charge in [0, 0.05) is 6.04 Å². The van der Waals surface area contributed by atoms with Crippen molar-refractivity contribution in [3.05, 3.63) is 0 Å². The largest absolute Gasteiger partial charge is 0.480 e. The van der Waals surface area contributed by atoms with E-state index in [0.29, 0.717) is 0 Å². The van der Waals surface area contributed by atoms with Crippen LogP contribution < -0.4 is 16.4 Å². The lowest BCUT2D eigenvalue weighted by Gasteiger charge is -2.22. The number of aliphatic carboxylic acids is 1. The van der Waals surface area contributed by atoms with Crippen LogP contribution in [0.3, 0.4) is 0 Å². The molecule has 0 amide bonds. The Morgan fingerprint density at radius 3 is 2.35 bits per heavy atom. The third-order valence-electron chi connectivity index (χ3n) is 4.03. The smallest absolute Gasteiger partial charge is 0.320 e. The van der Waals surface area contributed by atoms with Gasteiger partial charge in [-0.2, -0.15) is 0 Å². The molecular weight excluding hydrogens is 254 g/mol. The van der Waals surface area contributed by atoms with Gasteiger partial charge in [0.05, 0.1) is 0 Å². The maximum absolute atomic E-state index is 10.3. The fourth-order valence-electron chi connectivity index (χ4n) is 2.78. The van der Waals surface area contributed by atoms with Crippen molar-refractivity contribution in [2.24, 2.45) is 5.73 Å². The zero-order valence-corrected chi connectivity index (χ0v) is 12.6. The van der Waals surface area contributed by atoms with E-state index in [1.54, 1.807) is 0 Å². The molecule has 0 bridgehead atoms. The lowest BCUT2D eigenvalue weighted by Crippen LogP contribution is -2.40. The fraction of sp³-hybridized carbons (Fsp3) is 0.933. The van der Waals surface area contributed by atoms with E-state index in [1.807, 2.05) is 0 Å². The Morgan fingerprint density at radius 2 is 1.85 bits per heavy atom. The highest BCUT2D eigenvalue weighted by atomic mass is 16.4. The Morgan fingerprint density at radius 1 is 1.15 bits per heavy atom. The molecule has 0 radical (unpaired) electrons. The predicted molar refractivity (Wildman–Crippen MR) is 81.8 cm³/mol. The summed E-state index contributed by atoms with van der Waals surface area (Å²) >= 11 is 0. The van der Waals surface area contributed by atoms with Crippen molar-refractivity contribution < 1.29 is 9.90 Å². The molecule has 1 saturated carbocycles. The summed E-state index contributed by atoms with van der Waals surface area (Å²) in [5, 5.41) is 14.9. The van der Waals surface area contributed by atoms with Crippen molar-refractivity contribution in [1.29, 1.82) is 0 Å². The van der Waals surface area contributed by atoms with Crippen LogP contribution in [-0.2, 0) is 4.79 Å². The molecule has 5 N–H and O–H groups in total. The molecule has 0 spiro atoms. The van der Waals surface area contributed by atoms with Gasteiger partial charge in [-0.3, -0.25) is 4.79 Å². The summed E-state index contributed by atoms with van der Waals surface area (Å²) in [6.45, 7) is 2.79. The number of rotatable bonds is 5. The Balaban J connectivity index is 0.000000204. The fourth-order valence-corrected chi connectivity index (χ4v) is 2.78. The summed E-state index contributed by atoms with van der Waals surface area (Å²) in [6, 6.07) is 0.522. The minimum atomic E-state index is -0.713. The lowest BCUT2D eigenvalue weighted by atomic mass is 9.95. The highest BCUT2D eigenvalue weighted by Gasteiger charge is 2.18. The number of carboxylic acid groups (broad SMARTS) is 1. The molecule has 2 aliphatic rings. The molecule has 1 aliphatic carbocycles. The van der Waals surface area contributed by atoms with Gasteiger partial charge in [0.1, 0.15) is 6.04 Å². The zero-order chi connectivity index (χ0) is 14.6. The minimum Gasteiger partial charge on any atom is -0.480 e. The second kappa shape index (κ2) is 11.1. The highest BCUT2D eigenvalue weighted by Crippen LogP contribution is 2.16. The monoisotopic (exact) mass is 285 g/mol. The van der Waals surface area contributed by atoms with Gasteiger partial charge in [0.15, 0.2) is 0 Å². The van der Waals surface area contributed by atoms with Gasteiger partial charge in [-0.15, -0.1) is 0 Å². The highest BCUT2D eigenvalue weighted by molar-refractivity contribution is 5.73. The molecule has 1 atom stereocenters. The number of nitrogens with two attached hydrogens (primary N) is 1. The average molecular weight is 285 g/mol.